The fraction of sp³-hybridized carbons (Fsp3) is 0.667. The third-order valence-electron chi connectivity index (χ3n) is 2.33. The molecule has 0 rings (SSSR count). The summed E-state index contributed by atoms with van der Waals surface area (Å²) in [4.78, 5) is 28.4. The zero-order valence-electron chi connectivity index (χ0n) is 9.34. The van der Waals surface area contributed by atoms with E-state index in [-0.39, 0.29) is 18.4 Å². The van der Waals surface area contributed by atoms with Gasteiger partial charge in [-0.2, -0.15) is 0 Å². The first-order chi connectivity index (χ1) is 7.18. The summed E-state index contributed by atoms with van der Waals surface area (Å²) in [6, 6.07) is 0. The van der Waals surface area contributed by atoms with Gasteiger partial charge >= 0.3 is 13.8 Å². The van der Waals surface area contributed by atoms with Crippen molar-refractivity contribution in [1.29, 1.82) is 0 Å². The summed E-state index contributed by atoms with van der Waals surface area (Å²) in [5.74, 6) is -1.32. The van der Waals surface area contributed by atoms with Crippen molar-refractivity contribution < 1.29 is 28.8 Å². The van der Waals surface area contributed by atoms with Gasteiger partial charge in [-0.15, -0.1) is 0 Å². The molecule has 7 heteroatoms. The lowest BCUT2D eigenvalue weighted by atomic mass is 9.87. The van der Waals surface area contributed by atoms with Crippen molar-refractivity contribution in [2.45, 2.75) is 38.7 Å². The number of phosphoric ester groups is 1. The maximum absolute atomic E-state index is 10.8. The summed E-state index contributed by atoms with van der Waals surface area (Å²) in [6.45, 7) is 6.70. The van der Waals surface area contributed by atoms with Gasteiger partial charge in [-0.25, -0.2) is 9.36 Å². The standard InChI is InChI=1S/C9H17O6P/c1-4-6-9(5-2,7(3)8(10)11)15-16(12,13)14/h3-6H2,1-2H3,(H,10,11)(H2,12,13,14). The second kappa shape index (κ2) is 5.59. The predicted molar refractivity (Wildman–Crippen MR) is 57.8 cm³/mol. The Bertz CT molecular complexity index is 320. The SMILES string of the molecule is C=C(C(=O)O)C(CC)(CCC)OP(=O)(O)O. The molecule has 0 aliphatic heterocycles. The van der Waals surface area contributed by atoms with Crippen LogP contribution in [0.25, 0.3) is 0 Å². The molecule has 0 amide bonds. The van der Waals surface area contributed by atoms with Gasteiger partial charge in [-0.1, -0.05) is 26.8 Å². The van der Waals surface area contributed by atoms with Gasteiger partial charge in [0.05, 0.1) is 5.57 Å². The highest BCUT2D eigenvalue weighted by Gasteiger charge is 2.41. The molecule has 0 radical (unpaired) electrons. The summed E-state index contributed by atoms with van der Waals surface area (Å²) in [5, 5.41) is 8.84. The number of carboxylic acid groups (broad SMARTS) is 1. The minimum atomic E-state index is -4.75. The van der Waals surface area contributed by atoms with Crippen molar-refractivity contribution in [3.8, 4) is 0 Å². The smallest absolute Gasteiger partial charge is 0.470 e. The molecule has 0 saturated carbocycles. The number of aliphatic carboxylic acids is 1. The molecule has 0 saturated heterocycles. The van der Waals surface area contributed by atoms with Crippen molar-refractivity contribution in [2.24, 2.45) is 0 Å². The molecule has 94 valence electrons. The molecule has 6 nitrogen and oxygen atoms in total. The molecule has 0 aromatic heterocycles. The lowest BCUT2D eigenvalue weighted by molar-refractivity contribution is -0.135. The van der Waals surface area contributed by atoms with Crippen molar-refractivity contribution >= 4 is 13.8 Å². The average molecular weight is 252 g/mol. The second-order valence-electron chi connectivity index (χ2n) is 3.46. The van der Waals surface area contributed by atoms with E-state index in [1.54, 1.807) is 13.8 Å². The number of rotatable bonds is 7. The van der Waals surface area contributed by atoms with E-state index in [1.807, 2.05) is 0 Å². The maximum Gasteiger partial charge on any atom is 0.470 e. The van der Waals surface area contributed by atoms with Gasteiger partial charge in [0.2, 0.25) is 0 Å². The summed E-state index contributed by atoms with van der Waals surface area (Å²) >= 11 is 0. The first-order valence-electron chi connectivity index (χ1n) is 4.87. The first kappa shape index (κ1) is 15.3. The quantitative estimate of drug-likeness (QED) is 0.470. The Morgan fingerprint density at radius 3 is 2.19 bits per heavy atom. The largest absolute Gasteiger partial charge is 0.478 e. The van der Waals surface area contributed by atoms with Crippen molar-refractivity contribution in [1.82, 2.24) is 0 Å². The average Bonchev–Trinajstić information content (AvgIpc) is 2.13. The van der Waals surface area contributed by atoms with E-state index in [0.717, 1.165) is 0 Å². The molecule has 1 unspecified atom stereocenters. The van der Waals surface area contributed by atoms with Crippen LogP contribution in [0.5, 0.6) is 0 Å². The zero-order valence-corrected chi connectivity index (χ0v) is 10.2. The van der Waals surface area contributed by atoms with E-state index in [0.29, 0.717) is 6.42 Å². The summed E-state index contributed by atoms with van der Waals surface area (Å²) in [5.41, 5.74) is -1.83. The molecule has 1 atom stereocenters. The monoisotopic (exact) mass is 252 g/mol. The Labute approximate surface area is 94.2 Å². The van der Waals surface area contributed by atoms with Crippen LogP contribution in [0.4, 0.5) is 0 Å². The molecule has 3 N–H and O–H groups in total. The molecule has 16 heavy (non-hydrogen) atoms. The second-order valence-corrected chi connectivity index (χ2v) is 4.63. The zero-order chi connectivity index (χ0) is 13.0. The van der Waals surface area contributed by atoms with Crippen LogP contribution >= 0.6 is 7.82 Å². The van der Waals surface area contributed by atoms with E-state index < -0.39 is 19.4 Å². The van der Waals surface area contributed by atoms with Crippen LogP contribution in [0.1, 0.15) is 33.1 Å². The highest BCUT2D eigenvalue weighted by atomic mass is 31.2. The molecule has 0 aliphatic rings. The minimum absolute atomic E-state index is 0.136. The molecule has 0 aromatic rings. The summed E-state index contributed by atoms with van der Waals surface area (Å²) in [7, 11) is -4.75. The predicted octanol–water partition coefficient (Wildman–Crippen LogP) is 1.69. The normalized spacial score (nSPS) is 15.5. The summed E-state index contributed by atoms with van der Waals surface area (Å²) in [6.07, 6.45) is 0.858. The number of carboxylic acids is 1. The van der Waals surface area contributed by atoms with E-state index in [4.69, 9.17) is 14.9 Å². The minimum Gasteiger partial charge on any atom is -0.478 e. The third kappa shape index (κ3) is 4.06. The third-order valence-corrected chi connectivity index (χ3v) is 2.91. The Hall–Kier alpha value is -0.680. The fourth-order valence-electron chi connectivity index (χ4n) is 1.53. The molecule has 0 aliphatic carbocycles. The van der Waals surface area contributed by atoms with E-state index >= 15 is 0 Å². The van der Waals surface area contributed by atoms with Gasteiger partial charge in [-0.05, 0) is 12.8 Å². The molecule has 0 heterocycles. The van der Waals surface area contributed by atoms with E-state index in [1.165, 1.54) is 0 Å². The Morgan fingerprint density at radius 1 is 1.44 bits per heavy atom. The first-order valence-corrected chi connectivity index (χ1v) is 6.40. The van der Waals surface area contributed by atoms with Crippen LogP contribution in [0, 0.1) is 0 Å². The number of hydrogen-bond donors (Lipinski definition) is 3. The van der Waals surface area contributed by atoms with Gasteiger partial charge in [0, 0.05) is 0 Å². The van der Waals surface area contributed by atoms with Gasteiger partial charge < -0.3 is 14.9 Å². The lowest BCUT2D eigenvalue weighted by Crippen LogP contribution is -2.36. The van der Waals surface area contributed by atoms with E-state index in [9.17, 15) is 9.36 Å². The van der Waals surface area contributed by atoms with Crippen LogP contribution in [0.15, 0.2) is 12.2 Å². The topological polar surface area (TPSA) is 104 Å². The maximum atomic E-state index is 10.8. The van der Waals surface area contributed by atoms with Crippen molar-refractivity contribution in [3.05, 3.63) is 12.2 Å². The number of phosphoric acid groups is 1. The van der Waals surface area contributed by atoms with Crippen molar-refractivity contribution in [3.63, 3.8) is 0 Å². The van der Waals surface area contributed by atoms with Gasteiger partial charge in [0.25, 0.3) is 0 Å². The van der Waals surface area contributed by atoms with Crippen LogP contribution in [-0.4, -0.2) is 26.5 Å². The lowest BCUT2D eigenvalue weighted by Gasteiger charge is -2.32. The van der Waals surface area contributed by atoms with Gasteiger partial charge in [-0.3, -0.25) is 4.52 Å². The molecular weight excluding hydrogens is 235 g/mol. The highest BCUT2D eigenvalue weighted by Crippen LogP contribution is 2.47. The van der Waals surface area contributed by atoms with Gasteiger partial charge in [0.15, 0.2) is 0 Å². The Kier molecular flexibility index (Phi) is 5.35. The Balaban J connectivity index is 5.23. The van der Waals surface area contributed by atoms with Crippen LogP contribution in [0.2, 0.25) is 0 Å². The fourth-order valence-corrected chi connectivity index (χ4v) is 2.32. The van der Waals surface area contributed by atoms with Crippen LogP contribution < -0.4 is 0 Å². The number of hydrogen-bond acceptors (Lipinski definition) is 3. The van der Waals surface area contributed by atoms with Gasteiger partial charge in [0.1, 0.15) is 5.60 Å². The number of carbonyl (C=O) groups is 1. The molecule has 0 fully saturated rings. The van der Waals surface area contributed by atoms with Crippen LogP contribution in [0.3, 0.4) is 0 Å². The van der Waals surface area contributed by atoms with E-state index in [2.05, 4.69) is 11.1 Å². The Morgan fingerprint density at radius 2 is 1.94 bits per heavy atom. The summed E-state index contributed by atoms with van der Waals surface area (Å²) < 4.78 is 15.5. The van der Waals surface area contributed by atoms with Crippen LogP contribution in [-0.2, 0) is 13.9 Å². The molecule has 0 bridgehead atoms. The highest BCUT2D eigenvalue weighted by molar-refractivity contribution is 7.46. The molecular formula is C9H17O6P. The molecule has 0 aromatic carbocycles. The van der Waals surface area contributed by atoms with Crippen molar-refractivity contribution in [2.75, 3.05) is 0 Å². The molecule has 0 spiro atoms.